The van der Waals surface area contributed by atoms with Crippen LogP contribution < -0.4 is 10.6 Å². The lowest BCUT2D eigenvalue weighted by atomic mass is 10.1. The minimum absolute atomic E-state index is 0.0183. The van der Waals surface area contributed by atoms with Crippen molar-refractivity contribution in [2.24, 2.45) is 0 Å². The molecule has 108 valence electrons. The van der Waals surface area contributed by atoms with Crippen LogP contribution in [0.4, 0.5) is 10.5 Å². The van der Waals surface area contributed by atoms with Gasteiger partial charge in [0, 0.05) is 25.6 Å². The Labute approximate surface area is 116 Å². The molecular weight excluding hydrogens is 262 g/mol. The zero-order valence-corrected chi connectivity index (χ0v) is 11.2. The number of nitro benzene ring substituents is 1. The number of hydrogen-bond acceptors (Lipinski definition) is 4. The van der Waals surface area contributed by atoms with Gasteiger partial charge in [0.2, 0.25) is 0 Å². The van der Waals surface area contributed by atoms with Crippen molar-refractivity contribution in [3.8, 4) is 0 Å². The van der Waals surface area contributed by atoms with E-state index in [1.165, 1.54) is 18.2 Å². The number of para-hydroxylation sites is 1. The monoisotopic (exact) mass is 279 g/mol. The third-order valence-corrected chi connectivity index (χ3v) is 2.57. The average Bonchev–Trinajstić information content (AvgIpc) is 2.44. The number of carbonyl (C=O) groups excluding carboxylic acids is 2. The van der Waals surface area contributed by atoms with E-state index in [2.05, 4.69) is 10.6 Å². The lowest BCUT2D eigenvalue weighted by Gasteiger charge is -2.06. The van der Waals surface area contributed by atoms with Gasteiger partial charge in [0.15, 0.2) is 5.78 Å². The fourth-order valence-corrected chi connectivity index (χ4v) is 1.59. The van der Waals surface area contributed by atoms with Crippen LogP contribution in [0.1, 0.15) is 30.1 Å². The predicted octanol–water partition coefficient (Wildman–Crippen LogP) is 1.88. The number of benzene rings is 1. The summed E-state index contributed by atoms with van der Waals surface area (Å²) >= 11 is 0. The summed E-state index contributed by atoms with van der Waals surface area (Å²) in [7, 11) is 0. The zero-order chi connectivity index (χ0) is 15.0. The smallest absolute Gasteiger partial charge is 0.314 e. The summed E-state index contributed by atoms with van der Waals surface area (Å²) in [6, 6.07) is 5.43. The lowest BCUT2D eigenvalue weighted by Crippen LogP contribution is -2.36. The molecule has 0 aliphatic heterocycles. The highest BCUT2D eigenvalue weighted by molar-refractivity contribution is 6.00. The number of rotatable bonds is 7. The van der Waals surface area contributed by atoms with E-state index in [0.29, 0.717) is 6.54 Å². The van der Waals surface area contributed by atoms with Crippen molar-refractivity contribution >= 4 is 17.5 Å². The molecule has 0 radical (unpaired) electrons. The first-order valence-electron chi connectivity index (χ1n) is 6.34. The SMILES string of the molecule is CCCNC(=O)NCCC(=O)c1ccccc1[N+](=O)[O-]. The normalized spacial score (nSPS) is 9.85. The summed E-state index contributed by atoms with van der Waals surface area (Å²) in [4.78, 5) is 33.4. The molecule has 1 rings (SSSR count). The van der Waals surface area contributed by atoms with Gasteiger partial charge < -0.3 is 10.6 Å². The summed E-state index contributed by atoms with van der Waals surface area (Å²) in [5.41, 5.74) is -0.152. The Hall–Kier alpha value is -2.44. The molecule has 0 saturated carbocycles. The van der Waals surface area contributed by atoms with E-state index >= 15 is 0 Å². The minimum atomic E-state index is -0.589. The van der Waals surface area contributed by atoms with E-state index in [1.54, 1.807) is 6.07 Å². The van der Waals surface area contributed by atoms with Gasteiger partial charge in [0.1, 0.15) is 0 Å². The van der Waals surface area contributed by atoms with Gasteiger partial charge in [0.05, 0.1) is 10.5 Å². The summed E-state index contributed by atoms with van der Waals surface area (Å²) < 4.78 is 0. The van der Waals surface area contributed by atoms with Crippen LogP contribution in [-0.2, 0) is 0 Å². The average molecular weight is 279 g/mol. The number of amides is 2. The number of urea groups is 1. The summed E-state index contributed by atoms with van der Waals surface area (Å²) in [6.07, 6.45) is 0.840. The molecule has 0 saturated heterocycles. The van der Waals surface area contributed by atoms with Crippen LogP contribution >= 0.6 is 0 Å². The fraction of sp³-hybridized carbons (Fsp3) is 0.385. The summed E-state index contributed by atoms with van der Waals surface area (Å²) in [5, 5.41) is 15.9. The number of hydrogen-bond donors (Lipinski definition) is 2. The Balaban J connectivity index is 2.52. The van der Waals surface area contributed by atoms with E-state index in [1.807, 2.05) is 6.92 Å². The van der Waals surface area contributed by atoms with Crippen molar-refractivity contribution in [2.75, 3.05) is 13.1 Å². The Bertz CT molecular complexity index is 502. The highest BCUT2D eigenvalue weighted by Crippen LogP contribution is 2.18. The Morgan fingerprint density at radius 1 is 1.20 bits per heavy atom. The van der Waals surface area contributed by atoms with Crippen LogP contribution in [0, 0.1) is 10.1 Å². The van der Waals surface area contributed by atoms with E-state index in [4.69, 9.17) is 0 Å². The summed E-state index contributed by atoms with van der Waals surface area (Å²) in [5.74, 6) is -0.368. The number of nitrogens with zero attached hydrogens (tertiary/aromatic N) is 1. The molecule has 0 bridgehead atoms. The molecule has 0 atom stereocenters. The predicted molar refractivity (Wildman–Crippen MR) is 73.7 cm³/mol. The first kappa shape index (κ1) is 15.6. The molecule has 1 aromatic rings. The molecule has 7 nitrogen and oxygen atoms in total. The van der Waals surface area contributed by atoms with Gasteiger partial charge >= 0.3 is 6.03 Å². The maximum absolute atomic E-state index is 11.9. The Morgan fingerprint density at radius 3 is 2.50 bits per heavy atom. The highest BCUT2D eigenvalue weighted by atomic mass is 16.6. The van der Waals surface area contributed by atoms with Crippen molar-refractivity contribution in [1.82, 2.24) is 10.6 Å². The molecule has 0 aliphatic carbocycles. The van der Waals surface area contributed by atoms with Crippen LogP contribution in [0.25, 0.3) is 0 Å². The molecule has 0 spiro atoms. The van der Waals surface area contributed by atoms with Crippen LogP contribution in [0.2, 0.25) is 0 Å². The topological polar surface area (TPSA) is 101 Å². The lowest BCUT2D eigenvalue weighted by molar-refractivity contribution is -0.385. The van der Waals surface area contributed by atoms with Gasteiger partial charge in [-0.1, -0.05) is 19.1 Å². The van der Waals surface area contributed by atoms with Gasteiger partial charge in [0.25, 0.3) is 5.69 Å². The van der Waals surface area contributed by atoms with Crippen molar-refractivity contribution in [3.63, 3.8) is 0 Å². The van der Waals surface area contributed by atoms with Crippen LogP contribution in [0.15, 0.2) is 24.3 Å². The first-order chi connectivity index (χ1) is 9.56. The molecule has 0 aliphatic rings. The molecule has 0 heterocycles. The molecule has 7 heteroatoms. The molecule has 0 fully saturated rings. The largest absolute Gasteiger partial charge is 0.338 e. The molecule has 2 amide bonds. The van der Waals surface area contributed by atoms with Crippen LogP contribution in [-0.4, -0.2) is 29.8 Å². The van der Waals surface area contributed by atoms with Crippen molar-refractivity contribution in [2.45, 2.75) is 19.8 Å². The number of Topliss-reactive ketones (excluding diaryl/α,β-unsaturated/α-hetero) is 1. The number of nitro groups is 1. The van der Waals surface area contributed by atoms with E-state index < -0.39 is 4.92 Å². The van der Waals surface area contributed by atoms with Crippen molar-refractivity contribution in [1.29, 1.82) is 0 Å². The maximum Gasteiger partial charge on any atom is 0.314 e. The van der Waals surface area contributed by atoms with Gasteiger partial charge in [-0.15, -0.1) is 0 Å². The summed E-state index contributed by atoms with van der Waals surface area (Å²) in [6.45, 7) is 2.63. The van der Waals surface area contributed by atoms with Gasteiger partial charge in [-0.3, -0.25) is 14.9 Å². The molecule has 0 aromatic heterocycles. The molecule has 20 heavy (non-hydrogen) atoms. The molecular formula is C13H17N3O4. The fourth-order valence-electron chi connectivity index (χ4n) is 1.59. The third-order valence-electron chi connectivity index (χ3n) is 2.57. The molecule has 2 N–H and O–H groups in total. The maximum atomic E-state index is 11.9. The van der Waals surface area contributed by atoms with E-state index in [9.17, 15) is 19.7 Å². The van der Waals surface area contributed by atoms with Gasteiger partial charge in [-0.05, 0) is 12.5 Å². The standard InChI is InChI=1S/C13H17N3O4/c1-2-8-14-13(18)15-9-7-12(17)10-5-3-4-6-11(10)16(19)20/h3-6H,2,7-9H2,1H3,(H2,14,15,18). The number of ketones is 1. The van der Waals surface area contributed by atoms with Crippen molar-refractivity contribution < 1.29 is 14.5 Å². The molecule has 1 aromatic carbocycles. The highest BCUT2D eigenvalue weighted by Gasteiger charge is 2.18. The van der Waals surface area contributed by atoms with E-state index in [0.717, 1.165) is 6.42 Å². The van der Waals surface area contributed by atoms with Gasteiger partial charge in [-0.2, -0.15) is 0 Å². The number of carbonyl (C=O) groups is 2. The van der Waals surface area contributed by atoms with Gasteiger partial charge in [-0.25, -0.2) is 4.79 Å². The minimum Gasteiger partial charge on any atom is -0.338 e. The second kappa shape index (κ2) is 7.88. The van der Waals surface area contributed by atoms with Crippen molar-refractivity contribution in [3.05, 3.63) is 39.9 Å². The third kappa shape index (κ3) is 4.68. The second-order valence-corrected chi connectivity index (χ2v) is 4.13. The Morgan fingerprint density at radius 2 is 1.85 bits per heavy atom. The second-order valence-electron chi connectivity index (χ2n) is 4.13. The molecule has 0 unspecified atom stereocenters. The van der Waals surface area contributed by atoms with E-state index in [-0.39, 0.29) is 36.0 Å². The number of nitrogens with one attached hydrogen (secondary N) is 2. The van der Waals surface area contributed by atoms with Crippen LogP contribution in [0.3, 0.4) is 0 Å². The van der Waals surface area contributed by atoms with Crippen LogP contribution in [0.5, 0.6) is 0 Å². The Kier molecular flexibility index (Phi) is 6.15. The zero-order valence-electron chi connectivity index (χ0n) is 11.2. The first-order valence-corrected chi connectivity index (χ1v) is 6.34. The quantitative estimate of drug-likeness (QED) is 0.452.